The molecule has 0 atom stereocenters. The lowest BCUT2D eigenvalue weighted by atomic mass is 10.1. The topological polar surface area (TPSA) is 0 Å². The molecule has 0 aromatic heterocycles. The van der Waals surface area contributed by atoms with E-state index in [0.717, 1.165) is 0 Å². The van der Waals surface area contributed by atoms with Gasteiger partial charge in [-0.3, -0.25) is 0 Å². The molecule has 1 aliphatic carbocycles. The largest absolute Gasteiger partial charge is 0.0885 e. The molecule has 0 heterocycles. The van der Waals surface area contributed by atoms with Crippen LogP contribution in [0.15, 0.2) is 24.3 Å². The quantitative estimate of drug-likeness (QED) is 0.473. The predicted octanol–water partition coefficient (Wildman–Crippen LogP) is 5.01. The van der Waals surface area contributed by atoms with Crippen molar-refractivity contribution >= 4 is 0 Å². The van der Waals surface area contributed by atoms with Crippen LogP contribution in [0.2, 0.25) is 0 Å². The van der Waals surface area contributed by atoms with E-state index in [4.69, 9.17) is 0 Å². The average molecular weight is 192 g/mol. The first-order valence-corrected chi connectivity index (χ1v) is 6.30. The van der Waals surface area contributed by atoms with Crippen molar-refractivity contribution in [3.05, 3.63) is 24.3 Å². The number of hydrogen-bond acceptors (Lipinski definition) is 0. The van der Waals surface area contributed by atoms with Crippen molar-refractivity contribution in [2.45, 2.75) is 64.2 Å². The Morgan fingerprint density at radius 2 is 0.714 bits per heavy atom. The first kappa shape index (κ1) is 11.6. The fourth-order valence-corrected chi connectivity index (χ4v) is 1.90. The molecule has 0 N–H and O–H groups in total. The molecule has 0 amide bonds. The SMILES string of the molecule is C1=C\CCCCCCCC/C=C/CC/1. The summed E-state index contributed by atoms with van der Waals surface area (Å²) >= 11 is 0. The number of hydrogen-bond donors (Lipinski definition) is 0. The first-order valence-electron chi connectivity index (χ1n) is 6.30. The molecule has 0 aromatic rings. The molecule has 0 aliphatic heterocycles. The van der Waals surface area contributed by atoms with E-state index in [2.05, 4.69) is 24.3 Å². The van der Waals surface area contributed by atoms with Gasteiger partial charge in [0.2, 0.25) is 0 Å². The van der Waals surface area contributed by atoms with Crippen molar-refractivity contribution in [1.82, 2.24) is 0 Å². The molecule has 1 rings (SSSR count). The van der Waals surface area contributed by atoms with Crippen molar-refractivity contribution in [1.29, 1.82) is 0 Å². The van der Waals surface area contributed by atoms with Crippen LogP contribution in [0.4, 0.5) is 0 Å². The predicted molar refractivity (Wildman–Crippen MR) is 64.5 cm³/mol. The van der Waals surface area contributed by atoms with Gasteiger partial charge in [-0.1, -0.05) is 50.0 Å². The second-order valence-electron chi connectivity index (χ2n) is 4.22. The Labute approximate surface area is 89.1 Å². The summed E-state index contributed by atoms with van der Waals surface area (Å²) in [6, 6.07) is 0. The zero-order valence-corrected chi connectivity index (χ0v) is 9.38. The Bertz CT molecular complexity index is 145. The van der Waals surface area contributed by atoms with E-state index in [0.29, 0.717) is 0 Å². The van der Waals surface area contributed by atoms with Crippen molar-refractivity contribution in [2.24, 2.45) is 0 Å². The van der Waals surface area contributed by atoms with Gasteiger partial charge in [-0.2, -0.15) is 0 Å². The molecule has 0 nitrogen and oxygen atoms in total. The van der Waals surface area contributed by atoms with Crippen molar-refractivity contribution < 1.29 is 0 Å². The van der Waals surface area contributed by atoms with Gasteiger partial charge in [-0.15, -0.1) is 0 Å². The van der Waals surface area contributed by atoms with Gasteiger partial charge >= 0.3 is 0 Å². The fraction of sp³-hybridized carbons (Fsp3) is 0.714. The molecule has 0 heteroatoms. The molecule has 1 aliphatic rings. The summed E-state index contributed by atoms with van der Waals surface area (Å²) in [4.78, 5) is 0. The highest BCUT2D eigenvalue weighted by atomic mass is 14.0. The van der Waals surface area contributed by atoms with E-state index >= 15 is 0 Å². The minimum absolute atomic E-state index is 1.23. The smallest absolute Gasteiger partial charge is 0.0316 e. The van der Waals surface area contributed by atoms with Crippen molar-refractivity contribution in [2.75, 3.05) is 0 Å². The molecule has 0 aromatic carbocycles. The Hall–Kier alpha value is -0.520. The van der Waals surface area contributed by atoms with E-state index < -0.39 is 0 Å². The van der Waals surface area contributed by atoms with Gasteiger partial charge < -0.3 is 0 Å². The van der Waals surface area contributed by atoms with Crippen molar-refractivity contribution in [3.8, 4) is 0 Å². The van der Waals surface area contributed by atoms with Crippen LogP contribution >= 0.6 is 0 Å². The Kier molecular flexibility index (Phi) is 7.47. The second kappa shape index (κ2) is 9.05. The number of rotatable bonds is 0. The lowest BCUT2D eigenvalue weighted by Crippen LogP contribution is -1.80. The van der Waals surface area contributed by atoms with E-state index in [9.17, 15) is 0 Å². The third-order valence-corrected chi connectivity index (χ3v) is 2.82. The highest BCUT2D eigenvalue weighted by Crippen LogP contribution is 2.10. The lowest BCUT2D eigenvalue weighted by Gasteiger charge is -2.00. The summed E-state index contributed by atoms with van der Waals surface area (Å²) in [5.41, 5.74) is 0. The van der Waals surface area contributed by atoms with Crippen molar-refractivity contribution in [3.63, 3.8) is 0 Å². The van der Waals surface area contributed by atoms with Gasteiger partial charge in [0, 0.05) is 0 Å². The molecule has 0 unspecified atom stereocenters. The summed E-state index contributed by atoms with van der Waals surface area (Å²) in [7, 11) is 0. The zero-order valence-electron chi connectivity index (χ0n) is 9.38. The summed E-state index contributed by atoms with van der Waals surface area (Å²) in [5, 5.41) is 0. The van der Waals surface area contributed by atoms with Crippen LogP contribution in [0, 0.1) is 0 Å². The van der Waals surface area contributed by atoms with Gasteiger partial charge in [0.25, 0.3) is 0 Å². The van der Waals surface area contributed by atoms with Crippen LogP contribution in [-0.2, 0) is 0 Å². The molecular formula is C14H24. The third kappa shape index (κ3) is 6.94. The molecule has 0 saturated carbocycles. The van der Waals surface area contributed by atoms with Gasteiger partial charge in [0.1, 0.15) is 0 Å². The van der Waals surface area contributed by atoms with E-state index in [-0.39, 0.29) is 0 Å². The molecule has 14 heavy (non-hydrogen) atoms. The maximum Gasteiger partial charge on any atom is -0.0316 e. The lowest BCUT2D eigenvalue weighted by molar-refractivity contribution is 0.599. The first-order chi connectivity index (χ1) is 7.00. The molecule has 0 radical (unpaired) electrons. The monoisotopic (exact) mass is 192 g/mol. The average Bonchev–Trinajstić information content (AvgIpc) is 2.22. The summed E-state index contributed by atoms with van der Waals surface area (Å²) in [5.74, 6) is 0. The molecule has 0 bridgehead atoms. The maximum atomic E-state index is 2.36. The normalized spacial score (nSPS) is 26.3. The molecular weight excluding hydrogens is 168 g/mol. The third-order valence-electron chi connectivity index (χ3n) is 2.82. The standard InChI is InChI=1S/C14H24/c1-2-4-6-8-10-12-14-13-11-9-7-5-3-1/h1-2,7,9H,3-6,8,10-14H2/b2-1-,9-7+. The van der Waals surface area contributed by atoms with Crippen LogP contribution in [0.5, 0.6) is 0 Å². The van der Waals surface area contributed by atoms with Gasteiger partial charge in [0.15, 0.2) is 0 Å². The number of allylic oxidation sites excluding steroid dienone is 4. The summed E-state index contributed by atoms with van der Waals surface area (Å²) < 4.78 is 0. The van der Waals surface area contributed by atoms with Crippen LogP contribution in [-0.4, -0.2) is 0 Å². The molecule has 0 saturated heterocycles. The fourth-order valence-electron chi connectivity index (χ4n) is 1.90. The molecule has 80 valence electrons. The maximum absolute atomic E-state index is 2.36. The zero-order chi connectivity index (χ0) is 9.90. The molecule has 0 spiro atoms. The van der Waals surface area contributed by atoms with E-state index in [1.54, 1.807) is 0 Å². The highest BCUT2D eigenvalue weighted by Gasteiger charge is 1.90. The van der Waals surface area contributed by atoms with Gasteiger partial charge in [-0.05, 0) is 38.5 Å². The minimum atomic E-state index is 1.23. The Morgan fingerprint density at radius 3 is 1.21 bits per heavy atom. The highest BCUT2D eigenvalue weighted by molar-refractivity contribution is 4.88. The van der Waals surface area contributed by atoms with Crippen LogP contribution in [0.1, 0.15) is 64.2 Å². The van der Waals surface area contributed by atoms with Gasteiger partial charge in [-0.25, -0.2) is 0 Å². The van der Waals surface area contributed by atoms with Crippen LogP contribution in [0.3, 0.4) is 0 Å². The summed E-state index contributed by atoms with van der Waals surface area (Å²) in [6.45, 7) is 0. The minimum Gasteiger partial charge on any atom is -0.0885 e. The summed E-state index contributed by atoms with van der Waals surface area (Å²) in [6.07, 6.45) is 23.0. The van der Waals surface area contributed by atoms with Crippen LogP contribution < -0.4 is 0 Å². The second-order valence-corrected chi connectivity index (χ2v) is 4.22. The van der Waals surface area contributed by atoms with E-state index in [1.807, 2.05) is 0 Å². The molecule has 0 fully saturated rings. The van der Waals surface area contributed by atoms with Crippen LogP contribution in [0.25, 0.3) is 0 Å². The van der Waals surface area contributed by atoms with Gasteiger partial charge in [0.05, 0.1) is 0 Å². The van der Waals surface area contributed by atoms with E-state index in [1.165, 1.54) is 64.2 Å². The Balaban J connectivity index is 2.17. The Morgan fingerprint density at radius 1 is 0.357 bits per heavy atom.